The molecule has 0 bridgehead atoms. The molecular weight excluding hydrogens is 773 g/mol. The summed E-state index contributed by atoms with van der Waals surface area (Å²) in [5.41, 5.74) is 11.9. The molecule has 0 atom stereocenters. The van der Waals surface area contributed by atoms with Crippen LogP contribution in [0.5, 0.6) is 34.5 Å². The van der Waals surface area contributed by atoms with Crippen molar-refractivity contribution in [2.75, 3.05) is 9.80 Å². The zero-order valence-corrected chi connectivity index (χ0v) is 33.4. The summed E-state index contributed by atoms with van der Waals surface area (Å²) in [7, 11) is 0. The van der Waals surface area contributed by atoms with E-state index in [2.05, 4.69) is 77.7 Å². The molecule has 9 aromatic rings. The van der Waals surface area contributed by atoms with Crippen molar-refractivity contribution in [3.63, 3.8) is 0 Å². The van der Waals surface area contributed by atoms with Gasteiger partial charge in [-0.25, -0.2) is 0 Å². The van der Waals surface area contributed by atoms with E-state index in [1.807, 2.05) is 41.3 Å². The maximum atomic E-state index is 9.65. The van der Waals surface area contributed by atoms with Crippen LogP contribution in [0.4, 0.5) is 34.1 Å². The Bertz CT molecular complexity index is 2510. The number of benzene rings is 9. The first-order valence-corrected chi connectivity index (χ1v) is 19.8. The summed E-state index contributed by atoms with van der Waals surface area (Å²) >= 11 is 0. The molecule has 0 radical (unpaired) electrons. The predicted octanol–water partition coefficient (Wildman–Crippen LogP) is 13.5. The van der Waals surface area contributed by atoms with Gasteiger partial charge in [0.1, 0.15) is 34.5 Å². The van der Waals surface area contributed by atoms with Gasteiger partial charge in [-0.05, 0) is 179 Å². The average Bonchev–Trinajstić information content (AvgIpc) is 3.30. The number of phenols is 6. The minimum Gasteiger partial charge on any atom is -0.508 e. The Morgan fingerprint density at radius 1 is 0.161 bits per heavy atom. The highest BCUT2D eigenvalue weighted by atomic mass is 16.3. The van der Waals surface area contributed by atoms with Gasteiger partial charge in [0.25, 0.3) is 0 Å². The zero-order chi connectivity index (χ0) is 43.0. The number of aromatic hydroxyl groups is 6. The third-order valence-electron chi connectivity index (χ3n) is 10.3. The molecule has 0 unspecified atom stereocenters. The Morgan fingerprint density at radius 3 is 0.435 bits per heavy atom. The second-order valence-electron chi connectivity index (χ2n) is 14.5. The summed E-state index contributed by atoms with van der Waals surface area (Å²) in [5, 5.41) is 57.4. The van der Waals surface area contributed by atoms with Gasteiger partial charge in [-0.1, -0.05) is 72.8 Å². The monoisotopic (exact) mass is 814 g/mol. The summed E-state index contributed by atoms with van der Waals surface area (Å²) in [6.45, 7) is 0. The van der Waals surface area contributed by atoms with Crippen LogP contribution in [0.1, 0.15) is 0 Å². The first-order valence-electron chi connectivity index (χ1n) is 19.8. The lowest BCUT2D eigenvalue weighted by molar-refractivity contribution is 0.474. The molecule has 0 heterocycles. The maximum absolute atomic E-state index is 9.65. The summed E-state index contributed by atoms with van der Waals surface area (Å²) in [5.74, 6) is 1.33. The second kappa shape index (κ2) is 18.1. The molecule has 9 rings (SSSR count). The average molecular weight is 815 g/mol. The van der Waals surface area contributed by atoms with Gasteiger partial charge in [0.05, 0.1) is 0 Å². The molecule has 8 heteroatoms. The fourth-order valence-electron chi connectivity index (χ4n) is 7.07. The van der Waals surface area contributed by atoms with Crippen molar-refractivity contribution in [3.05, 3.63) is 218 Å². The fourth-order valence-corrected chi connectivity index (χ4v) is 7.07. The van der Waals surface area contributed by atoms with Crippen molar-refractivity contribution in [2.45, 2.75) is 0 Å². The van der Waals surface area contributed by atoms with E-state index in [4.69, 9.17) is 0 Å². The SMILES string of the molecule is Oc1ccc(-c2ccc(N(c3ccc(-c4ccc(O)cc4)cc3)c3ccc(-c4ccc(O)cc4)cc3)cc2)cc1.Oc1ccc(N(c2ccc(O)cc2)c2ccc(O)cc2)cc1. The van der Waals surface area contributed by atoms with E-state index >= 15 is 0 Å². The van der Waals surface area contributed by atoms with Gasteiger partial charge in [0.2, 0.25) is 0 Å². The van der Waals surface area contributed by atoms with Crippen LogP contribution in [0.15, 0.2) is 218 Å². The van der Waals surface area contributed by atoms with E-state index in [1.54, 1.807) is 109 Å². The second-order valence-corrected chi connectivity index (χ2v) is 14.5. The van der Waals surface area contributed by atoms with E-state index in [0.29, 0.717) is 0 Å². The van der Waals surface area contributed by atoms with Crippen LogP contribution < -0.4 is 9.80 Å². The van der Waals surface area contributed by atoms with Crippen LogP contribution in [-0.4, -0.2) is 30.6 Å². The molecule has 0 fully saturated rings. The topological polar surface area (TPSA) is 128 Å². The molecule has 0 spiro atoms. The predicted molar refractivity (Wildman–Crippen MR) is 249 cm³/mol. The summed E-state index contributed by atoms with van der Waals surface area (Å²) < 4.78 is 0. The van der Waals surface area contributed by atoms with Crippen LogP contribution in [0, 0.1) is 0 Å². The lowest BCUT2D eigenvalue weighted by atomic mass is 10.0. The standard InChI is InChI=1S/C36H27NO3.C18H15NO3/c38-34-19-7-28(8-20-34)25-1-13-31(14-2-25)37(32-15-3-26(4-16-32)29-9-21-35(39)22-10-29)33-17-5-27(6-18-33)30-11-23-36(40)24-12-30;20-16-7-1-13(2-8-16)19(14-3-9-17(21)10-4-14)15-5-11-18(22)12-6-15/h1-24,38-40H;1-12,20-22H. The fraction of sp³-hybridized carbons (Fsp3) is 0. The summed E-state index contributed by atoms with van der Waals surface area (Å²) in [4.78, 5) is 4.17. The minimum atomic E-state index is 0.195. The third kappa shape index (κ3) is 9.47. The first-order chi connectivity index (χ1) is 30.2. The minimum absolute atomic E-state index is 0.195. The molecule has 0 saturated carbocycles. The van der Waals surface area contributed by atoms with Gasteiger partial charge in [-0.15, -0.1) is 0 Å². The van der Waals surface area contributed by atoms with Crippen LogP contribution in [0.3, 0.4) is 0 Å². The van der Waals surface area contributed by atoms with E-state index in [9.17, 15) is 30.6 Å². The highest BCUT2D eigenvalue weighted by molar-refractivity contribution is 5.81. The molecule has 0 aliphatic carbocycles. The number of hydrogen-bond acceptors (Lipinski definition) is 8. The smallest absolute Gasteiger partial charge is 0.115 e. The lowest BCUT2D eigenvalue weighted by Gasteiger charge is -2.26. The first kappa shape index (κ1) is 40.2. The van der Waals surface area contributed by atoms with E-state index in [-0.39, 0.29) is 34.5 Å². The molecule has 0 aliphatic rings. The molecule has 0 aromatic heterocycles. The molecule has 0 amide bonds. The highest BCUT2D eigenvalue weighted by Gasteiger charge is 2.15. The van der Waals surface area contributed by atoms with Gasteiger partial charge >= 0.3 is 0 Å². The molecule has 9 aromatic carbocycles. The van der Waals surface area contributed by atoms with Gasteiger partial charge in [0.15, 0.2) is 0 Å². The Hall–Kier alpha value is -8.62. The number of anilines is 6. The van der Waals surface area contributed by atoms with Gasteiger partial charge in [-0.3, -0.25) is 0 Å². The largest absolute Gasteiger partial charge is 0.508 e. The van der Waals surface area contributed by atoms with Gasteiger partial charge in [-0.2, -0.15) is 0 Å². The van der Waals surface area contributed by atoms with Crippen molar-refractivity contribution in [1.82, 2.24) is 0 Å². The lowest BCUT2D eigenvalue weighted by Crippen LogP contribution is -2.09. The summed E-state index contributed by atoms with van der Waals surface area (Å²) in [6, 6.07) is 67.2. The van der Waals surface area contributed by atoms with Crippen LogP contribution in [-0.2, 0) is 0 Å². The molecule has 6 N–H and O–H groups in total. The van der Waals surface area contributed by atoms with E-state index in [1.165, 1.54) is 0 Å². The molecule has 0 saturated heterocycles. The molecule has 304 valence electrons. The molecular formula is C54H42N2O6. The molecule has 8 nitrogen and oxygen atoms in total. The van der Waals surface area contributed by atoms with Gasteiger partial charge in [0, 0.05) is 34.1 Å². The van der Waals surface area contributed by atoms with Gasteiger partial charge < -0.3 is 40.4 Å². The van der Waals surface area contributed by atoms with Crippen molar-refractivity contribution < 1.29 is 30.6 Å². The van der Waals surface area contributed by atoms with Crippen molar-refractivity contribution in [3.8, 4) is 67.9 Å². The number of rotatable bonds is 9. The quantitative estimate of drug-likeness (QED) is 0.0850. The summed E-state index contributed by atoms with van der Waals surface area (Å²) in [6.07, 6.45) is 0. The third-order valence-corrected chi connectivity index (χ3v) is 10.3. The van der Waals surface area contributed by atoms with Crippen molar-refractivity contribution >= 4 is 34.1 Å². The van der Waals surface area contributed by atoms with Crippen LogP contribution in [0.25, 0.3) is 33.4 Å². The normalized spacial score (nSPS) is 10.6. The Morgan fingerprint density at radius 2 is 0.274 bits per heavy atom. The Labute approximate surface area is 359 Å². The van der Waals surface area contributed by atoms with Crippen LogP contribution >= 0.6 is 0 Å². The van der Waals surface area contributed by atoms with Crippen LogP contribution in [0.2, 0.25) is 0 Å². The van der Waals surface area contributed by atoms with E-state index in [0.717, 1.165) is 67.5 Å². The van der Waals surface area contributed by atoms with Crippen molar-refractivity contribution in [1.29, 1.82) is 0 Å². The molecule has 62 heavy (non-hydrogen) atoms. The van der Waals surface area contributed by atoms with E-state index < -0.39 is 0 Å². The number of phenolic OH excluding ortho intramolecular Hbond substituents is 6. The highest BCUT2D eigenvalue weighted by Crippen LogP contribution is 2.39. The number of hydrogen-bond donors (Lipinski definition) is 6. The Balaban J connectivity index is 0.000000203. The zero-order valence-electron chi connectivity index (χ0n) is 33.4. The number of nitrogens with zero attached hydrogens (tertiary/aromatic N) is 2. The van der Waals surface area contributed by atoms with Crippen molar-refractivity contribution in [2.24, 2.45) is 0 Å². The Kier molecular flexibility index (Phi) is 11.7. The molecule has 0 aliphatic heterocycles. The maximum Gasteiger partial charge on any atom is 0.115 e.